The molecule has 4 amide bonds. The van der Waals surface area contributed by atoms with E-state index in [1.807, 2.05) is 24.3 Å². The van der Waals surface area contributed by atoms with Crippen LogP contribution < -0.4 is 20.9 Å². The van der Waals surface area contributed by atoms with Crippen LogP contribution in [0, 0.1) is 0 Å². The maximum absolute atomic E-state index is 14.2. The highest BCUT2D eigenvalue weighted by Crippen LogP contribution is 2.53. The van der Waals surface area contributed by atoms with Crippen LogP contribution in [-0.2, 0) is 9.59 Å². The summed E-state index contributed by atoms with van der Waals surface area (Å²) in [6.07, 6.45) is -0.104. The van der Waals surface area contributed by atoms with Crippen molar-refractivity contribution in [3.63, 3.8) is 0 Å². The second-order valence-corrected chi connectivity index (χ2v) is 26.4. The fourth-order valence-electron chi connectivity index (χ4n) is 11.7. The first-order chi connectivity index (χ1) is 41.4. The summed E-state index contributed by atoms with van der Waals surface area (Å²) in [5.41, 5.74) is 13.6. The minimum atomic E-state index is -2.76. The lowest BCUT2D eigenvalue weighted by molar-refractivity contribution is -0.141. The quantitative estimate of drug-likeness (QED) is 0.0505. The van der Waals surface area contributed by atoms with Gasteiger partial charge in [-0.15, -0.1) is 22.7 Å². The highest BCUT2D eigenvalue weighted by atomic mass is 35.5. The van der Waals surface area contributed by atoms with E-state index in [1.54, 1.807) is 80.3 Å². The third-order valence-corrected chi connectivity index (χ3v) is 20.5. The molecule has 0 saturated carbocycles. The van der Waals surface area contributed by atoms with Crippen molar-refractivity contribution in [1.29, 1.82) is 0 Å². The number of aliphatic hydroxyl groups excluding tert-OH is 2. The second-order valence-electron chi connectivity index (χ2n) is 21.8. The number of hydrogen-bond acceptors (Lipinski definition) is 12. The van der Waals surface area contributed by atoms with E-state index >= 15 is 0 Å². The first kappa shape index (κ1) is 66.5. The van der Waals surface area contributed by atoms with Gasteiger partial charge in [0.25, 0.3) is 23.7 Å². The number of hydrogen-bond donors (Lipinski definition) is 4. The summed E-state index contributed by atoms with van der Waals surface area (Å²) >= 11 is 40.4. The zero-order valence-corrected chi connectivity index (χ0v) is 53.0. The molecule has 0 spiro atoms. The van der Waals surface area contributed by atoms with Crippen molar-refractivity contribution < 1.29 is 56.4 Å². The SMILES string of the molecule is NC(=O)C1(N2CCC(F)(F)CC2)CCN(C(=O)c2sc(-c3ccc(Cl)cc3Cl)c(-c3ccc(Cl)cc3)c2OCCCO)CC1.NC(=O)C1(N2CCC(F)(F)CC2)CCN(C(=O)c2sc(-c3ccc(Cl)cc3Cl)c(-c3ccc(Cl)cc3)c2OCCO)CC1. The maximum atomic E-state index is 14.2. The van der Waals surface area contributed by atoms with Gasteiger partial charge in [0, 0.05) is 143 Å². The monoisotopic (exact) mass is 1360 g/mol. The van der Waals surface area contributed by atoms with E-state index in [4.69, 9.17) is 90.5 Å². The highest BCUT2D eigenvalue weighted by Gasteiger charge is 2.51. The lowest BCUT2D eigenvalue weighted by Crippen LogP contribution is -2.64. The van der Waals surface area contributed by atoms with Gasteiger partial charge in [-0.2, -0.15) is 0 Å². The Hall–Kier alpha value is -4.94. The number of rotatable bonds is 17. The zero-order valence-electron chi connectivity index (χ0n) is 46.8. The first-order valence-corrected chi connectivity index (χ1v) is 32.0. The Kier molecular flexibility index (Phi) is 21.4. The molecule has 4 fully saturated rings. The number of carbonyl (C=O) groups excluding carboxylic acids is 4. The van der Waals surface area contributed by atoms with Gasteiger partial charge < -0.3 is 41.0 Å². The van der Waals surface area contributed by atoms with E-state index in [1.165, 1.54) is 22.7 Å². The third kappa shape index (κ3) is 14.6. The number of aliphatic hydroxyl groups is 2. The summed E-state index contributed by atoms with van der Waals surface area (Å²) in [6, 6.07) is 24.4. The van der Waals surface area contributed by atoms with Crippen LogP contribution in [-0.4, -0.2) is 155 Å². The molecule has 6 N–H and O–H groups in total. The Morgan fingerprint density at radius 2 is 0.828 bits per heavy atom. The summed E-state index contributed by atoms with van der Waals surface area (Å²) in [6.45, 7) is 0.768. The van der Waals surface area contributed by atoms with Gasteiger partial charge in [-0.1, -0.05) is 106 Å². The first-order valence-electron chi connectivity index (χ1n) is 28.1. The molecule has 87 heavy (non-hydrogen) atoms. The largest absolute Gasteiger partial charge is 0.491 e. The minimum absolute atomic E-state index is 0.0591. The van der Waals surface area contributed by atoms with E-state index < -0.39 is 34.7 Å². The predicted molar refractivity (Wildman–Crippen MR) is 336 cm³/mol. The Balaban J connectivity index is 0.000000208. The predicted octanol–water partition coefficient (Wildman–Crippen LogP) is 13.6. The van der Waals surface area contributed by atoms with E-state index in [0.717, 1.165) is 11.1 Å². The molecule has 0 bridgehead atoms. The van der Waals surface area contributed by atoms with Gasteiger partial charge in [-0.05, 0) is 85.3 Å². The Labute approximate surface area is 538 Å². The smallest absolute Gasteiger partial charge is 0.267 e. The molecule has 4 aliphatic rings. The molecule has 466 valence electrons. The zero-order chi connectivity index (χ0) is 62.6. The average Bonchev–Trinajstić information content (AvgIpc) is 2.30. The number of nitrogens with two attached hydrogens (primary N) is 2. The van der Waals surface area contributed by atoms with E-state index in [9.17, 15) is 47.0 Å². The van der Waals surface area contributed by atoms with Crippen molar-refractivity contribution in [1.82, 2.24) is 19.6 Å². The number of benzene rings is 4. The topological polar surface area (TPSA) is 192 Å². The van der Waals surface area contributed by atoms with Gasteiger partial charge in [-0.25, -0.2) is 17.6 Å². The minimum Gasteiger partial charge on any atom is -0.491 e. The average molecular weight is 1360 g/mol. The molecule has 10 rings (SSSR count). The number of carbonyl (C=O) groups is 4. The van der Waals surface area contributed by atoms with Crippen molar-refractivity contribution in [3.8, 4) is 54.6 Å². The molecule has 26 heteroatoms. The van der Waals surface area contributed by atoms with Gasteiger partial charge in [-0.3, -0.25) is 29.0 Å². The summed E-state index contributed by atoms with van der Waals surface area (Å²) in [7, 11) is 0. The normalized spacial score (nSPS) is 18.3. The number of likely N-dealkylation sites (tertiary alicyclic amines) is 4. The van der Waals surface area contributed by atoms with Gasteiger partial charge >= 0.3 is 0 Å². The van der Waals surface area contributed by atoms with Gasteiger partial charge in [0.05, 0.1) is 23.3 Å². The van der Waals surface area contributed by atoms with Crippen LogP contribution >= 0.6 is 92.3 Å². The van der Waals surface area contributed by atoms with Crippen LogP contribution in [0.4, 0.5) is 17.6 Å². The number of halogens is 10. The molecule has 0 unspecified atom stereocenters. The number of alkyl halides is 4. The van der Waals surface area contributed by atoms with Crippen molar-refractivity contribution in [3.05, 3.63) is 125 Å². The van der Waals surface area contributed by atoms with E-state index in [2.05, 4.69) is 0 Å². The van der Waals surface area contributed by atoms with E-state index in [-0.39, 0.29) is 148 Å². The van der Waals surface area contributed by atoms with Crippen molar-refractivity contribution in [2.75, 3.05) is 78.8 Å². The van der Waals surface area contributed by atoms with Crippen LogP contribution in [0.3, 0.4) is 0 Å². The molecule has 0 radical (unpaired) electrons. The molecule has 2 aromatic heterocycles. The summed E-state index contributed by atoms with van der Waals surface area (Å²) in [5, 5.41) is 21.8. The summed E-state index contributed by atoms with van der Waals surface area (Å²) in [4.78, 5) is 62.6. The molecule has 6 aromatic rings. The molecule has 14 nitrogen and oxygen atoms in total. The Bertz CT molecular complexity index is 3470. The standard InChI is InChI=1S/C31H32Cl3F2N3O4S.C30H30Cl3F2N3O4S/c32-20-4-2-19(3-5-20)24-25(43-17-1-16-40)27(44-26(24)22-7-6-21(33)18-23(22)34)28(41)38-12-8-30(9-13-38,29(37)42)39-14-10-31(35,36)11-15-39;31-19-3-1-18(2-4-19)23-24(42-16-15-39)26(43-25(23)21-6-5-20(32)17-22(21)33)27(40)37-11-7-29(8-12-37,28(36)41)38-13-9-30(34,35)10-14-38/h2-7,18,40H,1,8-17H2,(H2,37,42);1-6,17,39H,7-16H2,(H2,36,41). The number of ether oxygens (including phenoxy) is 2. The van der Waals surface area contributed by atoms with Crippen LogP contribution in [0.25, 0.3) is 43.1 Å². The fraction of sp³-hybridized carbons (Fsp3) is 0.410. The molecule has 6 heterocycles. The number of primary amides is 2. The lowest BCUT2D eigenvalue weighted by atomic mass is 9.83. The Morgan fingerprint density at radius 3 is 1.15 bits per heavy atom. The van der Waals surface area contributed by atoms with Crippen molar-refractivity contribution in [2.24, 2.45) is 11.5 Å². The van der Waals surface area contributed by atoms with Crippen LogP contribution in [0.5, 0.6) is 11.5 Å². The van der Waals surface area contributed by atoms with Gasteiger partial charge in [0.1, 0.15) is 27.4 Å². The Morgan fingerprint density at radius 1 is 0.483 bits per heavy atom. The molecular weight excluding hydrogens is 1300 g/mol. The van der Waals surface area contributed by atoms with Crippen molar-refractivity contribution >= 4 is 116 Å². The molecule has 4 aliphatic heterocycles. The van der Waals surface area contributed by atoms with E-state index in [0.29, 0.717) is 84.1 Å². The highest BCUT2D eigenvalue weighted by molar-refractivity contribution is 7.19. The van der Waals surface area contributed by atoms with Gasteiger partial charge in [0.2, 0.25) is 11.8 Å². The third-order valence-electron chi connectivity index (χ3n) is 16.5. The van der Waals surface area contributed by atoms with Crippen LogP contribution in [0.15, 0.2) is 84.9 Å². The number of thiophene rings is 2. The number of amides is 4. The van der Waals surface area contributed by atoms with Gasteiger partial charge in [0.15, 0.2) is 11.5 Å². The fourth-order valence-corrected chi connectivity index (χ4v) is 15.6. The van der Waals surface area contributed by atoms with Crippen LogP contribution in [0.2, 0.25) is 30.1 Å². The molecule has 0 atom stereocenters. The molecular formula is C61H62Cl6F4N6O8S2. The van der Waals surface area contributed by atoms with Crippen molar-refractivity contribution in [2.45, 2.75) is 80.7 Å². The second kappa shape index (κ2) is 28.1. The summed E-state index contributed by atoms with van der Waals surface area (Å²) < 4.78 is 67.7. The summed E-state index contributed by atoms with van der Waals surface area (Å²) in [5.74, 6) is -6.65. The number of piperidine rings is 4. The lowest BCUT2D eigenvalue weighted by Gasteiger charge is -2.48. The molecule has 4 saturated heterocycles. The molecule has 4 aromatic carbocycles. The maximum Gasteiger partial charge on any atom is 0.267 e. The van der Waals surface area contributed by atoms with Crippen LogP contribution in [0.1, 0.15) is 77.1 Å². The number of nitrogens with zero attached hydrogens (tertiary/aromatic N) is 4. The molecule has 0 aliphatic carbocycles.